The van der Waals surface area contributed by atoms with Crippen LogP contribution in [0.15, 0.2) is 0 Å². The predicted octanol–water partition coefficient (Wildman–Crippen LogP) is 0.387. The Kier molecular flexibility index (Phi) is 4.28. The minimum Gasteiger partial charge on any atom is -0.273 e. The molecule has 0 saturated carbocycles. The summed E-state index contributed by atoms with van der Waals surface area (Å²) in [7, 11) is -3.23. The molecule has 1 amide bonds. The van der Waals surface area contributed by atoms with E-state index in [1.165, 1.54) is 13.8 Å². The summed E-state index contributed by atoms with van der Waals surface area (Å²) in [6, 6.07) is 0. The van der Waals surface area contributed by atoms with Gasteiger partial charge in [0.25, 0.3) is 0 Å². The Morgan fingerprint density at radius 2 is 1.93 bits per heavy atom. The highest BCUT2D eigenvalue weighted by atomic mass is 32.2. The second-order valence-corrected chi connectivity index (χ2v) is 6.24. The van der Waals surface area contributed by atoms with E-state index in [1.807, 2.05) is 0 Å². The lowest BCUT2D eigenvalue weighted by molar-refractivity contribution is -0.135. The van der Waals surface area contributed by atoms with E-state index >= 15 is 0 Å². The Balaban J connectivity index is 4.90. The minimum absolute atomic E-state index is 0.253. The Bertz CT molecular complexity index is 379. The summed E-state index contributed by atoms with van der Waals surface area (Å²) in [5.74, 6) is -0.713. The van der Waals surface area contributed by atoms with Crippen LogP contribution in [0.5, 0.6) is 0 Å². The smallest absolute Gasteiger partial charge is 0.242 e. The molecule has 6 heteroatoms. The van der Waals surface area contributed by atoms with Gasteiger partial charge in [0, 0.05) is 12.8 Å². The van der Waals surface area contributed by atoms with E-state index in [0.29, 0.717) is 0 Å². The van der Waals surface area contributed by atoms with E-state index < -0.39 is 21.2 Å². The average Bonchev–Trinajstić information content (AvgIpc) is 2.01. The summed E-state index contributed by atoms with van der Waals surface area (Å²) >= 11 is 0. The third kappa shape index (κ3) is 4.30. The topological polar surface area (TPSA) is 78.2 Å². The summed E-state index contributed by atoms with van der Waals surface area (Å²) in [5.41, 5.74) is -1.06. The molecule has 0 rings (SSSR count). The third-order valence-corrected chi connectivity index (χ3v) is 3.13. The number of carbonyl (C=O) groups is 1. The number of amides is 1. The molecule has 0 aliphatic carbocycles. The van der Waals surface area contributed by atoms with Crippen LogP contribution in [0.1, 0.15) is 20.8 Å². The maximum Gasteiger partial charge on any atom is 0.242 e. The molecule has 0 aliphatic heterocycles. The van der Waals surface area contributed by atoms with Gasteiger partial charge in [-0.25, -0.2) is 13.3 Å². The van der Waals surface area contributed by atoms with Crippen molar-refractivity contribution < 1.29 is 13.2 Å². The normalized spacial score (nSPS) is 11.9. The predicted molar refractivity (Wildman–Crippen MR) is 56.5 cm³/mol. The maximum atomic E-state index is 11.7. The standard InChI is InChI=1S/C9H16N2O3S/c1-5-11(7-10)8(12)9(2,3)6-15(4,13)14/h5-6H2,1-4H3. The first-order valence-corrected chi connectivity index (χ1v) is 6.59. The number of carbonyl (C=O) groups excluding carboxylic acids is 1. The van der Waals surface area contributed by atoms with Gasteiger partial charge in [0.05, 0.1) is 11.2 Å². The van der Waals surface area contributed by atoms with Gasteiger partial charge < -0.3 is 0 Å². The SMILES string of the molecule is CCN(C#N)C(=O)C(C)(C)CS(C)(=O)=O. The van der Waals surface area contributed by atoms with Crippen LogP contribution in [-0.2, 0) is 14.6 Å². The molecule has 86 valence electrons. The highest BCUT2D eigenvalue weighted by molar-refractivity contribution is 7.90. The fourth-order valence-corrected chi connectivity index (χ4v) is 2.78. The van der Waals surface area contributed by atoms with Gasteiger partial charge in [0.15, 0.2) is 6.19 Å². The van der Waals surface area contributed by atoms with Crippen LogP contribution in [0.4, 0.5) is 0 Å². The second kappa shape index (κ2) is 4.62. The van der Waals surface area contributed by atoms with Crippen molar-refractivity contribution in [3.05, 3.63) is 0 Å². The van der Waals surface area contributed by atoms with Gasteiger partial charge in [-0.15, -0.1) is 0 Å². The second-order valence-electron chi connectivity index (χ2n) is 4.10. The molecule has 0 N–H and O–H groups in total. The molecule has 0 heterocycles. The molecular formula is C9H16N2O3S. The number of nitriles is 1. The van der Waals surface area contributed by atoms with Crippen LogP contribution in [0.2, 0.25) is 0 Å². The van der Waals surface area contributed by atoms with Gasteiger partial charge >= 0.3 is 0 Å². The molecule has 0 atom stereocenters. The first-order valence-electron chi connectivity index (χ1n) is 4.53. The molecule has 0 aromatic rings. The van der Waals surface area contributed by atoms with Crippen LogP contribution in [0.25, 0.3) is 0 Å². The van der Waals surface area contributed by atoms with Crippen molar-refractivity contribution in [2.24, 2.45) is 5.41 Å². The molecule has 0 fully saturated rings. The quantitative estimate of drug-likeness (QED) is 0.518. The molecule has 0 radical (unpaired) electrons. The van der Waals surface area contributed by atoms with Crippen LogP contribution >= 0.6 is 0 Å². The van der Waals surface area contributed by atoms with Crippen LogP contribution in [-0.4, -0.2) is 37.8 Å². The van der Waals surface area contributed by atoms with Crippen molar-refractivity contribution in [1.82, 2.24) is 4.90 Å². The van der Waals surface area contributed by atoms with Crippen molar-refractivity contribution in [2.45, 2.75) is 20.8 Å². The Morgan fingerprint density at radius 1 is 1.47 bits per heavy atom. The van der Waals surface area contributed by atoms with Crippen LogP contribution < -0.4 is 0 Å². The molecule has 5 nitrogen and oxygen atoms in total. The van der Waals surface area contributed by atoms with Crippen molar-refractivity contribution in [2.75, 3.05) is 18.6 Å². The fraction of sp³-hybridized carbons (Fsp3) is 0.778. The highest BCUT2D eigenvalue weighted by Crippen LogP contribution is 2.20. The lowest BCUT2D eigenvalue weighted by Crippen LogP contribution is -2.41. The van der Waals surface area contributed by atoms with E-state index in [2.05, 4.69) is 0 Å². The molecule has 0 unspecified atom stereocenters. The molecule has 0 saturated heterocycles. The molecule has 15 heavy (non-hydrogen) atoms. The van der Waals surface area contributed by atoms with Crippen molar-refractivity contribution in [3.8, 4) is 6.19 Å². The average molecular weight is 232 g/mol. The number of sulfone groups is 1. The number of nitrogens with zero attached hydrogens (tertiary/aromatic N) is 2. The summed E-state index contributed by atoms with van der Waals surface area (Å²) in [5, 5.41) is 8.66. The van der Waals surface area contributed by atoms with Gasteiger partial charge in [0.1, 0.15) is 9.84 Å². The molecule has 0 aliphatic rings. The van der Waals surface area contributed by atoms with E-state index in [-0.39, 0.29) is 12.3 Å². The van der Waals surface area contributed by atoms with Crippen molar-refractivity contribution in [3.63, 3.8) is 0 Å². The number of rotatable bonds is 4. The summed E-state index contributed by atoms with van der Waals surface area (Å²) in [6.07, 6.45) is 2.81. The summed E-state index contributed by atoms with van der Waals surface area (Å²) < 4.78 is 22.2. The first-order chi connectivity index (χ1) is 6.64. The van der Waals surface area contributed by atoms with E-state index in [4.69, 9.17) is 5.26 Å². The van der Waals surface area contributed by atoms with E-state index in [1.54, 1.807) is 13.1 Å². The zero-order valence-electron chi connectivity index (χ0n) is 9.44. The summed E-state index contributed by atoms with van der Waals surface area (Å²) in [6.45, 7) is 4.97. The van der Waals surface area contributed by atoms with Crippen LogP contribution in [0.3, 0.4) is 0 Å². The Morgan fingerprint density at radius 3 is 2.20 bits per heavy atom. The maximum absolute atomic E-state index is 11.7. The number of hydrogen-bond acceptors (Lipinski definition) is 4. The van der Waals surface area contributed by atoms with Crippen LogP contribution in [0, 0.1) is 16.9 Å². The lowest BCUT2D eigenvalue weighted by Gasteiger charge is -2.25. The van der Waals surface area contributed by atoms with E-state index in [9.17, 15) is 13.2 Å². The third-order valence-electron chi connectivity index (χ3n) is 1.88. The van der Waals surface area contributed by atoms with Gasteiger partial charge in [-0.2, -0.15) is 5.26 Å². The van der Waals surface area contributed by atoms with E-state index in [0.717, 1.165) is 11.2 Å². The largest absolute Gasteiger partial charge is 0.273 e. The highest BCUT2D eigenvalue weighted by Gasteiger charge is 2.34. The minimum atomic E-state index is -3.23. The Labute approximate surface area is 90.6 Å². The molecule has 0 aromatic heterocycles. The molecule has 0 bridgehead atoms. The molecular weight excluding hydrogens is 216 g/mol. The zero-order valence-corrected chi connectivity index (χ0v) is 10.3. The Hall–Kier alpha value is -1.09. The van der Waals surface area contributed by atoms with Crippen molar-refractivity contribution >= 4 is 15.7 Å². The van der Waals surface area contributed by atoms with Gasteiger partial charge in [-0.3, -0.25) is 4.79 Å². The van der Waals surface area contributed by atoms with Gasteiger partial charge in [-0.05, 0) is 20.8 Å². The lowest BCUT2D eigenvalue weighted by atomic mass is 9.94. The summed E-state index contributed by atoms with van der Waals surface area (Å²) in [4.78, 5) is 12.7. The van der Waals surface area contributed by atoms with Gasteiger partial charge in [-0.1, -0.05) is 0 Å². The fourth-order valence-electron chi connectivity index (χ4n) is 1.34. The number of hydrogen-bond donors (Lipinski definition) is 0. The molecule has 0 aromatic carbocycles. The first kappa shape index (κ1) is 13.9. The van der Waals surface area contributed by atoms with Gasteiger partial charge in [0.2, 0.25) is 5.91 Å². The monoisotopic (exact) mass is 232 g/mol. The molecule has 0 spiro atoms. The van der Waals surface area contributed by atoms with Crippen molar-refractivity contribution in [1.29, 1.82) is 5.26 Å². The zero-order chi connectivity index (χ0) is 12.3.